The zero-order valence-corrected chi connectivity index (χ0v) is 18.0. The number of carbonyl (C=O) groups excluding carboxylic acids is 1. The molecule has 27 heavy (non-hydrogen) atoms. The number of rotatable bonds is 8. The first-order valence-corrected chi connectivity index (χ1v) is 8.65. The zero-order chi connectivity index (χ0) is 18.8. The van der Waals surface area contributed by atoms with Crippen LogP contribution in [0.2, 0.25) is 0 Å². The number of carbonyl (C=O) groups is 1. The molecule has 2 rings (SSSR count). The molecule has 0 aliphatic heterocycles. The average molecular weight is 482 g/mol. The van der Waals surface area contributed by atoms with Gasteiger partial charge in [0.1, 0.15) is 0 Å². The first kappa shape index (κ1) is 22.9. The molecule has 0 spiro atoms. The third-order valence-electron chi connectivity index (χ3n) is 3.74. The van der Waals surface area contributed by atoms with Crippen LogP contribution in [0.15, 0.2) is 53.5 Å². The Balaban J connectivity index is 0.00000364. The molecular weight excluding hydrogens is 455 g/mol. The van der Waals surface area contributed by atoms with Gasteiger partial charge in [-0.25, -0.2) is 4.99 Å². The van der Waals surface area contributed by atoms with Gasteiger partial charge in [-0.05, 0) is 30.2 Å². The van der Waals surface area contributed by atoms with E-state index in [1.165, 1.54) is 0 Å². The lowest BCUT2D eigenvalue weighted by atomic mass is 10.1. The number of para-hydroxylation sites is 1. The van der Waals surface area contributed by atoms with Crippen molar-refractivity contribution in [1.29, 1.82) is 0 Å². The Bertz CT molecular complexity index is 765. The van der Waals surface area contributed by atoms with Crippen molar-refractivity contribution >= 4 is 41.5 Å². The number of nitrogens with one attached hydrogen (secondary N) is 2. The molecule has 0 heterocycles. The van der Waals surface area contributed by atoms with Gasteiger partial charge in [0.2, 0.25) is 0 Å². The highest BCUT2D eigenvalue weighted by atomic mass is 127. The number of nitrogens with two attached hydrogens (primary N) is 1. The van der Waals surface area contributed by atoms with Crippen molar-refractivity contribution in [3.63, 3.8) is 0 Å². The quantitative estimate of drug-likeness (QED) is 0.305. The monoisotopic (exact) mass is 482 g/mol. The van der Waals surface area contributed by atoms with Crippen LogP contribution < -0.4 is 16.4 Å². The molecular formula is C20H27IN4O2. The number of amides is 1. The lowest BCUT2D eigenvalue weighted by Crippen LogP contribution is -2.24. The Labute approximate surface area is 177 Å². The fraction of sp³-hybridized carbons (Fsp3) is 0.300. The third kappa shape index (κ3) is 7.56. The van der Waals surface area contributed by atoms with Crippen LogP contribution in [0.1, 0.15) is 34.8 Å². The normalized spacial score (nSPS) is 10.8. The summed E-state index contributed by atoms with van der Waals surface area (Å²) in [4.78, 5) is 16.4. The minimum atomic E-state index is -0.0720. The van der Waals surface area contributed by atoms with E-state index in [1.54, 1.807) is 13.2 Å². The van der Waals surface area contributed by atoms with E-state index in [1.807, 2.05) is 49.4 Å². The molecule has 146 valence electrons. The van der Waals surface area contributed by atoms with Crippen molar-refractivity contribution < 1.29 is 9.53 Å². The van der Waals surface area contributed by atoms with E-state index in [4.69, 9.17) is 10.5 Å². The van der Waals surface area contributed by atoms with Gasteiger partial charge in [-0.2, -0.15) is 0 Å². The summed E-state index contributed by atoms with van der Waals surface area (Å²) in [6.07, 6.45) is 0.905. The molecule has 0 radical (unpaired) electrons. The van der Waals surface area contributed by atoms with Crippen LogP contribution in [-0.2, 0) is 17.9 Å². The van der Waals surface area contributed by atoms with Crippen molar-refractivity contribution in [1.82, 2.24) is 5.32 Å². The van der Waals surface area contributed by atoms with E-state index in [9.17, 15) is 4.79 Å². The van der Waals surface area contributed by atoms with Crippen LogP contribution in [-0.4, -0.2) is 25.5 Å². The molecule has 0 saturated heterocycles. The molecule has 0 unspecified atom stereocenters. The van der Waals surface area contributed by atoms with Crippen molar-refractivity contribution in [2.24, 2.45) is 10.7 Å². The van der Waals surface area contributed by atoms with Gasteiger partial charge in [-0.3, -0.25) is 4.79 Å². The maximum atomic E-state index is 12.0. The Kier molecular flexibility index (Phi) is 10.4. The van der Waals surface area contributed by atoms with Gasteiger partial charge in [0.05, 0.1) is 13.2 Å². The first-order valence-electron chi connectivity index (χ1n) is 8.65. The number of anilines is 1. The Hall–Kier alpha value is -2.13. The number of aliphatic imine (C=N–C) groups is 1. The second kappa shape index (κ2) is 12.3. The number of ether oxygens (including phenoxy) is 1. The van der Waals surface area contributed by atoms with Crippen molar-refractivity contribution in [3.8, 4) is 0 Å². The molecule has 2 aromatic carbocycles. The van der Waals surface area contributed by atoms with E-state index in [2.05, 4.69) is 15.6 Å². The second-order valence-corrected chi connectivity index (χ2v) is 5.87. The number of hydrogen-bond acceptors (Lipinski definition) is 3. The number of halogens is 1. The van der Waals surface area contributed by atoms with Crippen LogP contribution in [0.25, 0.3) is 0 Å². The van der Waals surface area contributed by atoms with Crippen molar-refractivity contribution in [3.05, 3.63) is 65.2 Å². The van der Waals surface area contributed by atoms with Gasteiger partial charge in [-0.15, -0.1) is 24.0 Å². The van der Waals surface area contributed by atoms with Crippen LogP contribution in [0.4, 0.5) is 5.69 Å². The van der Waals surface area contributed by atoms with Gasteiger partial charge in [0.25, 0.3) is 5.91 Å². The number of guanidine groups is 1. The Morgan fingerprint density at radius 2 is 1.96 bits per heavy atom. The highest BCUT2D eigenvalue weighted by molar-refractivity contribution is 14.0. The summed E-state index contributed by atoms with van der Waals surface area (Å²) in [6.45, 7) is 3.57. The standard InChI is InChI=1S/C20H26N4O2.HI/c1-3-11-22-19(25)16-9-6-7-15(12-16)13-23-20(21)24-18-10-5-4-8-17(18)14-26-2;/h4-10,12H,3,11,13-14H2,1-2H3,(H,22,25)(H3,21,23,24);1H. The molecule has 4 N–H and O–H groups in total. The van der Waals surface area contributed by atoms with E-state index in [-0.39, 0.29) is 29.9 Å². The first-order chi connectivity index (χ1) is 12.6. The van der Waals surface area contributed by atoms with Gasteiger partial charge in [0.15, 0.2) is 5.96 Å². The van der Waals surface area contributed by atoms with Gasteiger partial charge < -0.3 is 21.1 Å². The van der Waals surface area contributed by atoms with E-state index >= 15 is 0 Å². The lowest BCUT2D eigenvalue weighted by molar-refractivity contribution is 0.0953. The topological polar surface area (TPSA) is 88.7 Å². The van der Waals surface area contributed by atoms with Crippen LogP contribution in [0.3, 0.4) is 0 Å². The number of methoxy groups -OCH3 is 1. The van der Waals surface area contributed by atoms with E-state index in [0.717, 1.165) is 23.2 Å². The minimum Gasteiger partial charge on any atom is -0.380 e. The van der Waals surface area contributed by atoms with Crippen LogP contribution in [0, 0.1) is 0 Å². The highest BCUT2D eigenvalue weighted by Crippen LogP contribution is 2.15. The summed E-state index contributed by atoms with van der Waals surface area (Å²) in [5.74, 6) is 0.242. The largest absolute Gasteiger partial charge is 0.380 e. The lowest BCUT2D eigenvalue weighted by Gasteiger charge is -2.11. The molecule has 0 saturated carbocycles. The SMILES string of the molecule is CCCNC(=O)c1cccc(CN=C(N)Nc2ccccc2COC)c1.I. The van der Waals surface area contributed by atoms with E-state index in [0.29, 0.717) is 31.2 Å². The predicted molar refractivity (Wildman–Crippen MR) is 121 cm³/mol. The summed E-state index contributed by atoms with van der Waals surface area (Å²) in [7, 11) is 1.65. The van der Waals surface area contributed by atoms with E-state index < -0.39 is 0 Å². The van der Waals surface area contributed by atoms with Gasteiger partial charge in [-0.1, -0.05) is 37.3 Å². The number of benzene rings is 2. The fourth-order valence-corrected chi connectivity index (χ4v) is 2.43. The minimum absolute atomic E-state index is 0. The van der Waals surface area contributed by atoms with Crippen LogP contribution >= 0.6 is 24.0 Å². The van der Waals surface area contributed by atoms with Crippen molar-refractivity contribution in [2.45, 2.75) is 26.5 Å². The molecule has 7 heteroatoms. The van der Waals surface area contributed by atoms with Gasteiger partial charge >= 0.3 is 0 Å². The summed E-state index contributed by atoms with van der Waals surface area (Å²) in [6, 6.07) is 15.2. The smallest absolute Gasteiger partial charge is 0.251 e. The molecule has 0 atom stereocenters. The summed E-state index contributed by atoms with van der Waals surface area (Å²) < 4.78 is 5.18. The Morgan fingerprint density at radius 1 is 1.19 bits per heavy atom. The predicted octanol–water partition coefficient (Wildman–Crippen LogP) is 3.52. The van der Waals surface area contributed by atoms with Gasteiger partial charge in [0, 0.05) is 30.5 Å². The van der Waals surface area contributed by atoms with Crippen molar-refractivity contribution in [2.75, 3.05) is 19.0 Å². The Morgan fingerprint density at radius 3 is 2.70 bits per heavy atom. The maximum Gasteiger partial charge on any atom is 0.251 e. The molecule has 0 bridgehead atoms. The second-order valence-electron chi connectivity index (χ2n) is 5.87. The number of nitrogens with zero attached hydrogens (tertiary/aromatic N) is 1. The third-order valence-corrected chi connectivity index (χ3v) is 3.74. The molecule has 2 aromatic rings. The molecule has 6 nitrogen and oxygen atoms in total. The zero-order valence-electron chi connectivity index (χ0n) is 15.7. The summed E-state index contributed by atoms with van der Waals surface area (Å²) in [5.41, 5.74) is 9.42. The number of hydrogen-bond donors (Lipinski definition) is 3. The van der Waals surface area contributed by atoms with Crippen LogP contribution in [0.5, 0.6) is 0 Å². The summed E-state index contributed by atoms with van der Waals surface area (Å²) in [5, 5.41) is 5.97. The fourth-order valence-electron chi connectivity index (χ4n) is 2.43. The molecule has 0 aliphatic rings. The molecule has 0 aromatic heterocycles. The molecule has 0 fully saturated rings. The average Bonchev–Trinajstić information content (AvgIpc) is 2.66. The highest BCUT2D eigenvalue weighted by Gasteiger charge is 2.06. The molecule has 0 aliphatic carbocycles. The summed E-state index contributed by atoms with van der Waals surface area (Å²) >= 11 is 0. The molecule has 1 amide bonds. The maximum absolute atomic E-state index is 12.0.